The largest absolute Gasteiger partial charge is 0.461 e. The summed E-state index contributed by atoms with van der Waals surface area (Å²) in [6.07, 6.45) is 3.65. The Morgan fingerprint density at radius 3 is 3.00 bits per heavy atom. The van der Waals surface area contributed by atoms with E-state index in [4.69, 9.17) is 4.42 Å². The smallest absolute Gasteiger partial charge is 0.230 e. The molecule has 1 unspecified atom stereocenters. The molecule has 21 heavy (non-hydrogen) atoms. The number of nitrogens with one attached hydrogen (secondary N) is 1. The second-order valence-corrected chi connectivity index (χ2v) is 5.83. The Labute approximate surface area is 128 Å². The summed E-state index contributed by atoms with van der Waals surface area (Å²) < 4.78 is 7.13. The molecule has 2 aromatic rings. The van der Waals surface area contributed by atoms with Crippen molar-refractivity contribution in [2.24, 2.45) is 7.05 Å². The van der Waals surface area contributed by atoms with Crippen LogP contribution in [-0.4, -0.2) is 32.5 Å². The van der Waals surface area contributed by atoms with Crippen LogP contribution in [-0.2, 0) is 11.8 Å². The molecule has 0 saturated carbocycles. The van der Waals surface area contributed by atoms with Crippen molar-refractivity contribution in [3.8, 4) is 11.6 Å². The molecule has 114 valence electrons. The Hall–Kier alpha value is -1.76. The van der Waals surface area contributed by atoms with Gasteiger partial charge in [-0.25, -0.2) is 0 Å². The Kier molecular flexibility index (Phi) is 5.44. The molecule has 0 aliphatic heterocycles. The lowest BCUT2D eigenvalue weighted by Crippen LogP contribution is -2.33. The first-order valence-electron chi connectivity index (χ1n) is 6.97. The van der Waals surface area contributed by atoms with Crippen molar-refractivity contribution in [2.45, 2.75) is 37.9 Å². The summed E-state index contributed by atoms with van der Waals surface area (Å²) in [5.41, 5.74) is 0. The first-order chi connectivity index (χ1) is 10.1. The van der Waals surface area contributed by atoms with Crippen LogP contribution in [0.3, 0.4) is 0 Å². The molecule has 2 aromatic heterocycles. The molecule has 0 aliphatic carbocycles. The summed E-state index contributed by atoms with van der Waals surface area (Å²) in [6, 6.07) is 3.85. The number of amides is 1. The maximum Gasteiger partial charge on any atom is 0.230 e. The van der Waals surface area contributed by atoms with Gasteiger partial charge in [0.1, 0.15) is 0 Å². The first kappa shape index (κ1) is 15.6. The summed E-state index contributed by atoms with van der Waals surface area (Å²) in [4.78, 5) is 11.8. The monoisotopic (exact) mass is 308 g/mol. The van der Waals surface area contributed by atoms with Crippen LogP contribution in [0.4, 0.5) is 0 Å². The zero-order valence-electron chi connectivity index (χ0n) is 12.5. The highest BCUT2D eigenvalue weighted by Gasteiger charge is 2.15. The van der Waals surface area contributed by atoms with Crippen LogP contribution < -0.4 is 5.32 Å². The van der Waals surface area contributed by atoms with Crippen molar-refractivity contribution >= 4 is 17.7 Å². The predicted octanol–water partition coefficient (Wildman–Crippen LogP) is 2.47. The Morgan fingerprint density at radius 2 is 2.33 bits per heavy atom. The molecule has 0 spiro atoms. The summed E-state index contributed by atoms with van der Waals surface area (Å²) >= 11 is 1.37. The molecule has 2 rings (SSSR count). The Morgan fingerprint density at radius 1 is 1.52 bits per heavy atom. The molecule has 6 nitrogen and oxygen atoms in total. The number of aromatic nitrogens is 3. The minimum atomic E-state index is 0.0171. The van der Waals surface area contributed by atoms with Gasteiger partial charge in [-0.2, -0.15) is 0 Å². The number of nitrogens with zero attached hydrogens (tertiary/aromatic N) is 3. The molecule has 0 bridgehead atoms. The minimum Gasteiger partial charge on any atom is -0.461 e. The van der Waals surface area contributed by atoms with Gasteiger partial charge >= 0.3 is 0 Å². The standard InChI is InChI=1S/C14H20N4O2S/c1-4-6-10(2)15-12(19)9-21-14-17-16-13(18(14)3)11-7-5-8-20-11/h5,7-8,10H,4,6,9H2,1-3H3,(H,15,19). The van der Waals surface area contributed by atoms with Crippen LogP contribution >= 0.6 is 11.8 Å². The lowest BCUT2D eigenvalue weighted by atomic mass is 10.2. The van der Waals surface area contributed by atoms with Gasteiger partial charge in [0.15, 0.2) is 16.7 Å². The number of hydrogen-bond acceptors (Lipinski definition) is 5. The molecule has 0 saturated heterocycles. The third kappa shape index (κ3) is 4.10. The van der Waals surface area contributed by atoms with Crippen LogP contribution in [0.2, 0.25) is 0 Å². The molecule has 0 aliphatic rings. The number of rotatable bonds is 7. The molecule has 0 fully saturated rings. The number of carbonyl (C=O) groups excluding carboxylic acids is 1. The zero-order chi connectivity index (χ0) is 15.2. The predicted molar refractivity (Wildman–Crippen MR) is 81.9 cm³/mol. The van der Waals surface area contributed by atoms with Crippen molar-refractivity contribution in [1.82, 2.24) is 20.1 Å². The molecule has 1 atom stereocenters. The molecule has 1 amide bonds. The third-order valence-corrected chi connectivity index (χ3v) is 4.06. The van der Waals surface area contributed by atoms with E-state index >= 15 is 0 Å². The summed E-state index contributed by atoms with van der Waals surface area (Å²) in [5, 5.41) is 11.9. The van der Waals surface area contributed by atoms with Gasteiger partial charge in [-0.05, 0) is 25.5 Å². The molecule has 7 heteroatoms. The minimum absolute atomic E-state index is 0.0171. The second-order valence-electron chi connectivity index (χ2n) is 4.89. The Bertz CT molecular complexity index is 580. The van der Waals surface area contributed by atoms with Gasteiger partial charge < -0.3 is 14.3 Å². The second kappa shape index (κ2) is 7.31. The highest BCUT2D eigenvalue weighted by Crippen LogP contribution is 2.22. The first-order valence-corrected chi connectivity index (χ1v) is 7.95. The zero-order valence-corrected chi connectivity index (χ0v) is 13.3. The fourth-order valence-electron chi connectivity index (χ4n) is 2.01. The van der Waals surface area contributed by atoms with Gasteiger partial charge in [0.05, 0.1) is 12.0 Å². The Balaban J connectivity index is 1.91. The highest BCUT2D eigenvalue weighted by molar-refractivity contribution is 7.99. The number of hydrogen-bond donors (Lipinski definition) is 1. The lowest BCUT2D eigenvalue weighted by molar-refractivity contribution is -0.119. The van der Waals surface area contributed by atoms with Gasteiger partial charge in [0, 0.05) is 13.1 Å². The maximum absolute atomic E-state index is 11.8. The van der Waals surface area contributed by atoms with E-state index in [9.17, 15) is 4.79 Å². The average molecular weight is 308 g/mol. The van der Waals surface area contributed by atoms with Crippen LogP contribution in [0, 0.1) is 0 Å². The number of furan rings is 1. The van der Waals surface area contributed by atoms with E-state index in [1.807, 2.05) is 24.6 Å². The van der Waals surface area contributed by atoms with E-state index in [2.05, 4.69) is 22.4 Å². The fourth-order valence-corrected chi connectivity index (χ4v) is 2.73. The average Bonchev–Trinajstić information content (AvgIpc) is 3.06. The van der Waals surface area contributed by atoms with E-state index < -0.39 is 0 Å². The van der Waals surface area contributed by atoms with E-state index in [0.717, 1.165) is 12.8 Å². The molecule has 2 heterocycles. The van der Waals surface area contributed by atoms with Gasteiger partial charge in [-0.15, -0.1) is 10.2 Å². The molecule has 0 radical (unpaired) electrons. The van der Waals surface area contributed by atoms with E-state index in [1.165, 1.54) is 11.8 Å². The number of carbonyl (C=O) groups is 1. The van der Waals surface area contributed by atoms with Gasteiger partial charge in [-0.3, -0.25) is 4.79 Å². The van der Waals surface area contributed by atoms with E-state index in [1.54, 1.807) is 12.3 Å². The summed E-state index contributed by atoms with van der Waals surface area (Å²) in [5.74, 6) is 1.67. The molecular formula is C14H20N4O2S. The summed E-state index contributed by atoms with van der Waals surface area (Å²) in [7, 11) is 1.86. The van der Waals surface area contributed by atoms with Crippen molar-refractivity contribution in [1.29, 1.82) is 0 Å². The molecule has 0 aromatic carbocycles. The van der Waals surface area contributed by atoms with Crippen LogP contribution in [0.1, 0.15) is 26.7 Å². The van der Waals surface area contributed by atoms with Crippen molar-refractivity contribution in [3.05, 3.63) is 18.4 Å². The van der Waals surface area contributed by atoms with Crippen molar-refractivity contribution < 1.29 is 9.21 Å². The lowest BCUT2D eigenvalue weighted by Gasteiger charge is -2.12. The van der Waals surface area contributed by atoms with Crippen molar-refractivity contribution in [3.63, 3.8) is 0 Å². The quantitative estimate of drug-likeness (QED) is 0.795. The van der Waals surface area contributed by atoms with Gasteiger partial charge in [0.2, 0.25) is 5.91 Å². The molecule has 1 N–H and O–H groups in total. The van der Waals surface area contributed by atoms with Crippen LogP contribution in [0.5, 0.6) is 0 Å². The topological polar surface area (TPSA) is 73.0 Å². The van der Waals surface area contributed by atoms with E-state index in [0.29, 0.717) is 22.5 Å². The third-order valence-electron chi connectivity index (χ3n) is 3.04. The SMILES string of the molecule is CCCC(C)NC(=O)CSc1nnc(-c2ccco2)n1C. The fraction of sp³-hybridized carbons (Fsp3) is 0.500. The summed E-state index contributed by atoms with van der Waals surface area (Å²) in [6.45, 7) is 4.12. The number of thioether (sulfide) groups is 1. The molecular weight excluding hydrogens is 288 g/mol. The highest BCUT2D eigenvalue weighted by atomic mass is 32.2. The van der Waals surface area contributed by atoms with E-state index in [-0.39, 0.29) is 11.9 Å². The van der Waals surface area contributed by atoms with Crippen LogP contribution in [0.25, 0.3) is 11.6 Å². The normalized spacial score (nSPS) is 12.3. The van der Waals surface area contributed by atoms with Crippen LogP contribution in [0.15, 0.2) is 28.0 Å². The van der Waals surface area contributed by atoms with Gasteiger partial charge in [-0.1, -0.05) is 25.1 Å². The van der Waals surface area contributed by atoms with Gasteiger partial charge in [0.25, 0.3) is 0 Å². The van der Waals surface area contributed by atoms with Crippen molar-refractivity contribution in [2.75, 3.05) is 5.75 Å². The maximum atomic E-state index is 11.8.